The Morgan fingerprint density at radius 3 is 2.64 bits per heavy atom. The van der Waals surface area contributed by atoms with Crippen LogP contribution in [0.2, 0.25) is 0 Å². The maximum absolute atomic E-state index is 12.1. The Morgan fingerprint density at radius 2 is 1.92 bits per heavy atom. The number of rotatable bonds is 3. The Balaban J connectivity index is 1.61. The zero-order valence-electron chi connectivity index (χ0n) is 14.9. The van der Waals surface area contributed by atoms with Crippen LogP contribution in [0.5, 0.6) is 5.75 Å². The van der Waals surface area contributed by atoms with Crippen LogP contribution in [-0.2, 0) is 4.74 Å². The molecule has 1 atom stereocenters. The molecule has 1 aromatic carbocycles. The third-order valence-electron chi connectivity index (χ3n) is 3.92. The summed E-state index contributed by atoms with van der Waals surface area (Å²) in [6.45, 7) is 6.79. The van der Waals surface area contributed by atoms with Crippen LogP contribution in [0.3, 0.4) is 0 Å². The number of hydrogen-bond donors (Lipinski definition) is 0. The van der Waals surface area contributed by atoms with Gasteiger partial charge in [0.05, 0.1) is 12.7 Å². The van der Waals surface area contributed by atoms with Crippen molar-refractivity contribution < 1.29 is 14.3 Å². The zero-order chi connectivity index (χ0) is 17.9. The molecular formula is C20H24N2O3. The number of nitrogens with zero attached hydrogens (tertiary/aromatic N) is 2. The van der Waals surface area contributed by atoms with Crippen molar-refractivity contribution in [1.82, 2.24) is 9.88 Å². The Hall–Kier alpha value is -2.56. The molecule has 1 aliphatic heterocycles. The molecule has 0 radical (unpaired) electrons. The molecule has 0 unspecified atom stereocenters. The lowest BCUT2D eigenvalue weighted by molar-refractivity contribution is 0.0275. The van der Waals surface area contributed by atoms with Crippen LogP contribution < -0.4 is 4.74 Å². The zero-order valence-corrected chi connectivity index (χ0v) is 14.9. The first-order valence-corrected chi connectivity index (χ1v) is 8.56. The summed E-state index contributed by atoms with van der Waals surface area (Å²) in [5.74, 6) is 0.720. The van der Waals surface area contributed by atoms with Crippen LogP contribution in [0.1, 0.15) is 27.2 Å². The first kappa shape index (κ1) is 17.3. The van der Waals surface area contributed by atoms with Gasteiger partial charge in [-0.3, -0.25) is 4.98 Å². The second-order valence-corrected chi connectivity index (χ2v) is 7.23. The average molecular weight is 340 g/mol. The number of benzene rings is 1. The van der Waals surface area contributed by atoms with Gasteiger partial charge in [0.2, 0.25) is 0 Å². The van der Waals surface area contributed by atoms with E-state index in [4.69, 9.17) is 9.47 Å². The SMILES string of the molecule is CC(C)(C)OC(=O)N1CC[C@H](Oc2cncc(-c3ccccc3)c2)C1. The van der Waals surface area contributed by atoms with E-state index in [1.165, 1.54) is 0 Å². The first-order valence-electron chi connectivity index (χ1n) is 8.56. The van der Waals surface area contributed by atoms with E-state index in [1.807, 2.05) is 63.4 Å². The maximum atomic E-state index is 12.1. The highest BCUT2D eigenvalue weighted by molar-refractivity contribution is 5.68. The van der Waals surface area contributed by atoms with E-state index in [2.05, 4.69) is 4.98 Å². The molecule has 0 spiro atoms. The number of hydrogen-bond acceptors (Lipinski definition) is 4. The van der Waals surface area contributed by atoms with Crippen LogP contribution in [0.15, 0.2) is 48.8 Å². The fourth-order valence-corrected chi connectivity index (χ4v) is 2.78. The van der Waals surface area contributed by atoms with Crippen molar-refractivity contribution in [3.8, 4) is 16.9 Å². The molecule has 0 saturated carbocycles. The number of carbonyl (C=O) groups is 1. The summed E-state index contributed by atoms with van der Waals surface area (Å²) in [7, 11) is 0. The Bertz CT molecular complexity index is 725. The number of carbonyl (C=O) groups excluding carboxylic acids is 1. The minimum absolute atomic E-state index is 0.0414. The van der Waals surface area contributed by atoms with Gasteiger partial charge in [0.25, 0.3) is 0 Å². The van der Waals surface area contributed by atoms with Gasteiger partial charge in [0.1, 0.15) is 17.5 Å². The lowest BCUT2D eigenvalue weighted by Gasteiger charge is -2.24. The fraction of sp³-hybridized carbons (Fsp3) is 0.400. The smallest absolute Gasteiger partial charge is 0.410 e. The Morgan fingerprint density at radius 1 is 1.16 bits per heavy atom. The molecule has 0 bridgehead atoms. The van der Waals surface area contributed by atoms with E-state index < -0.39 is 5.60 Å². The second-order valence-electron chi connectivity index (χ2n) is 7.23. The quantitative estimate of drug-likeness (QED) is 0.843. The number of ether oxygens (including phenoxy) is 2. The van der Waals surface area contributed by atoms with Crippen LogP contribution in [0.25, 0.3) is 11.1 Å². The number of aromatic nitrogens is 1. The molecule has 1 fully saturated rings. The molecule has 3 rings (SSSR count). The summed E-state index contributed by atoms with van der Waals surface area (Å²) >= 11 is 0. The van der Waals surface area contributed by atoms with Crippen LogP contribution in [-0.4, -0.2) is 40.8 Å². The largest absolute Gasteiger partial charge is 0.487 e. The summed E-state index contributed by atoms with van der Waals surface area (Å²) in [6.07, 6.45) is 4.00. The molecule has 25 heavy (non-hydrogen) atoms. The molecule has 5 nitrogen and oxygen atoms in total. The summed E-state index contributed by atoms with van der Waals surface area (Å²) in [5, 5.41) is 0. The third kappa shape index (κ3) is 4.72. The predicted octanol–water partition coefficient (Wildman–Crippen LogP) is 4.14. The molecule has 1 amide bonds. The van der Waals surface area contributed by atoms with Crippen LogP contribution in [0, 0.1) is 0 Å². The van der Waals surface area contributed by atoms with E-state index in [0.29, 0.717) is 13.1 Å². The standard InChI is InChI=1S/C20H24N2O3/c1-20(2,3)25-19(23)22-10-9-17(14-22)24-18-11-16(12-21-13-18)15-7-5-4-6-8-15/h4-8,11-13,17H,9-10,14H2,1-3H3/t17-/m0/s1. The summed E-state index contributed by atoms with van der Waals surface area (Å²) < 4.78 is 11.5. The van der Waals surface area contributed by atoms with Crippen molar-refractivity contribution in [2.75, 3.05) is 13.1 Å². The highest BCUT2D eigenvalue weighted by Crippen LogP contribution is 2.25. The van der Waals surface area contributed by atoms with Gasteiger partial charge in [-0.05, 0) is 32.4 Å². The van der Waals surface area contributed by atoms with Crippen molar-refractivity contribution in [3.63, 3.8) is 0 Å². The molecule has 0 N–H and O–H groups in total. The molecule has 1 saturated heterocycles. The normalized spacial score (nSPS) is 17.4. The van der Waals surface area contributed by atoms with Gasteiger partial charge in [0.15, 0.2) is 0 Å². The maximum Gasteiger partial charge on any atom is 0.410 e. The number of pyridine rings is 1. The third-order valence-corrected chi connectivity index (χ3v) is 3.92. The lowest BCUT2D eigenvalue weighted by Crippen LogP contribution is -2.36. The topological polar surface area (TPSA) is 51.7 Å². The average Bonchev–Trinajstić information content (AvgIpc) is 3.03. The monoisotopic (exact) mass is 340 g/mol. The van der Waals surface area contributed by atoms with E-state index in [0.717, 1.165) is 23.3 Å². The van der Waals surface area contributed by atoms with Gasteiger partial charge < -0.3 is 14.4 Å². The fourth-order valence-electron chi connectivity index (χ4n) is 2.78. The van der Waals surface area contributed by atoms with Crippen molar-refractivity contribution in [2.24, 2.45) is 0 Å². The molecular weight excluding hydrogens is 316 g/mol. The van der Waals surface area contributed by atoms with Crippen molar-refractivity contribution >= 4 is 6.09 Å². The van der Waals surface area contributed by atoms with E-state index in [1.54, 1.807) is 11.1 Å². The van der Waals surface area contributed by atoms with Gasteiger partial charge in [0, 0.05) is 24.7 Å². The summed E-state index contributed by atoms with van der Waals surface area (Å²) in [4.78, 5) is 18.1. The Labute approximate surface area is 148 Å². The molecule has 1 aromatic heterocycles. The minimum atomic E-state index is -0.482. The van der Waals surface area contributed by atoms with Crippen molar-refractivity contribution in [1.29, 1.82) is 0 Å². The van der Waals surface area contributed by atoms with Crippen molar-refractivity contribution in [3.05, 3.63) is 48.8 Å². The minimum Gasteiger partial charge on any atom is -0.487 e. The lowest BCUT2D eigenvalue weighted by atomic mass is 10.1. The highest BCUT2D eigenvalue weighted by atomic mass is 16.6. The highest BCUT2D eigenvalue weighted by Gasteiger charge is 2.30. The van der Waals surface area contributed by atoms with Crippen LogP contribution in [0.4, 0.5) is 4.79 Å². The predicted molar refractivity (Wildman–Crippen MR) is 96.5 cm³/mol. The van der Waals surface area contributed by atoms with Gasteiger partial charge in [-0.25, -0.2) is 4.79 Å². The molecule has 2 heterocycles. The van der Waals surface area contributed by atoms with Gasteiger partial charge in [-0.15, -0.1) is 0 Å². The Kier molecular flexibility index (Phi) is 4.93. The van der Waals surface area contributed by atoms with E-state index in [9.17, 15) is 4.79 Å². The van der Waals surface area contributed by atoms with Gasteiger partial charge >= 0.3 is 6.09 Å². The van der Waals surface area contributed by atoms with E-state index >= 15 is 0 Å². The van der Waals surface area contributed by atoms with Crippen LogP contribution >= 0.6 is 0 Å². The molecule has 132 valence electrons. The molecule has 1 aliphatic rings. The summed E-state index contributed by atoms with van der Waals surface area (Å²) in [5.41, 5.74) is 1.63. The molecule has 2 aromatic rings. The van der Waals surface area contributed by atoms with Gasteiger partial charge in [-0.1, -0.05) is 30.3 Å². The van der Waals surface area contributed by atoms with Crippen molar-refractivity contribution in [2.45, 2.75) is 38.9 Å². The van der Waals surface area contributed by atoms with E-state index in [-0.39, 0.29) is 12.2 Å². The number of likely N-dealkylation sites (tertiary alicyclic amines) is 1. The van der Waals surface area contributed by atoms with Gasteiger partial charge in [-0.2, -0.15) is 0 Å². The second kappa shape index (κ2) is 7.13. The molecule has 5 heteroatoms. The number of amides is 1. The first-order chi connectivity index (χ1) is 11.9. The summed E-state index contributed by atoms with van der Waals surface area (Å²) in [6, 6.07) is 12.1. The molecule has 0 aliphatic carbocycles.